The summed E-state index contributed by atoms with van der Waals surface area (Å²) in [6, 6.07) is 22.6. The van der Waals surface area contributed by atoms with Crippen LogP contribution in [0.4, 0.5) is 10.5 Å². The first kappa shape index (κ1) is 23.6. The average molecular weight is 458 g/mol. The molecule has 0 spiro atoms. The first-order valence-corrected chi connectivity index (χ1v) is 12.2. The summed E-state index contributed by atoms with van der Waals surface area (Å²) in [5.41, 5.74) is 9.87. The number of urea groups is 1. The Balaban J connectivity index is 1.37. The third-order valence-electron chi connectivity index (χ3n) is 6.83. The molecule has 0 bridgehead atoms. The van der Waals surface area contributed by atoms with E-state index >= 15 is 0 Å². The minimum atomic E-state index is -0.193. The van der Waals surface area contributed by atoms with Gasteiger partial charge in [-0.05, 0) is 47.2 Å². The number of nitrogens with two attached hydrogens (primary N) is 1. The molecule has 178 valence electrons. The minimum Gasteiger partial charge on any atom is -0.370 e. The second kappa shape index (κ2) is 10.6. The fourth-order valence-electron chi connectivity index (χ4n) is 4.68. The van der Waals surface area contributed by atoms with Crippen LogP contribution in [-0.4, -0.2) is 43.1 Å². The Hall–Kier alpha value is -3.54. The SMILES string of the molecule is CCC(C)c1ccccc1N1CCN(C(=O)NC(N)=NC(C)c2cccc3ccccc23)CC1. The summed E-state index contributed by atoms with van der Waals surface area (Å²) < 4.78 is 0. The van der Waals surface area contributed by atoms with E-state index in [1.807, 2.05) is 30.0 Å². The molecule has 1 fully saturated rings. The zero-order chi connectivity index (χ0) is 24.1. The van der Waals surface area contributed by atoms with Gasteiger partial charge >= 0.3 is 6.03 Å². The number of nitrogens with zero attached hydrogens (tertiary/aromatic N) is 3. The van der Waals surface area contributed by atoms with Gasteiger partial charge in [0.2, 0.25) is 0 Å². The molecule has 2 unspecified atom stereocenters. The van der Waals surface area contributed by atoms with E-state index in [1.54, 1.807) is 0 Å². The zero-order valence-corrected chi connectivity index (χ0v) is 20.4. The molecular weight excluding hydrogens is 422 g/mol. The van der Waals surface area contributed by atoms with Crippen LogP contribution in [-0.2, 0) is 0 Å². The van der Waals surface area contributed by atoms with Crippen LogP contribution in [0.2, 0.25) is 0 Å². The van der Waals surface area contributed by atoms with Gasteiger partial charge in [0.1, 0.15) is 0 Å². The number of para-hydroxylation sites is 1. The molecule has 1 aliphatic rings. The van der Waals surface area contributed by atoms with Crippen molar-refractivity contribution in [1.82, 2.24) is 10.2 Å². The van der Waals surface area contributed by atoms with Crippen molar-refractivity contribution >= 4 is 28.5 Å². The molecule has 34 heavy (non-hydrogen) atoms. The van der Waals surface area contributed by atoms with E-state index in [-0.39, 0.29) is 18.0 Å². The van der Waals surface area contributed by atoms with Crippen molar-refractivity contribution in [3.8, 4) is 0 Å². The van der Waals surface area contributed by atoms with Crippen LogP contribution in [0.15, 0.2) is 71.7 Å². The van der Waals surface area contributed by atoms with E-state index in [0.29, 0.717) is 19.0 Å². The lowest BCUT2D eigenvalue weighted by Gasteiger charge is -2.37. The van der Waals surface area contributed by atoms with E-state index in [9.17, 15) is 4.79 Å². The lowest BCUT2D eigenvalue weighted by Crippen LogP contribution is -2.54. The highest BCUT2D eigenvalue weighted by Gasteiger charge is 2.24. The van der Waals surface area contributed by atoms with Gasteiger partial charge in [0, 0.05) is 31.9 Å². The maximum atomic E-state index is 12.8. The third-order valence-corrected chi connectivity index (χ3v) is 6.83. The van der Waals surface area contributed by atoms with Gasteiger partial charge in [0.05, 0.1) is 6.04 Å². The van der Waals surface area contributed by atoms with Crippen LogP contribution < -0.4 is 16.0 Å². The molecule has 1 aliphatic heterocycles. The van der Waals surface area contributed by atoms with Crippen molar-refractivity contribution in [3.05, 3.63) is 77.9 Å². The van der Waals surface area contributed by atoms with Gasteiger partial charge < -0.3 is 15.5 Å². The highest BCUT2D eigenvalue weighted by atomic mass is 16.2. The molecule has 3 N–H and O–H groups in total. The highest BCUT2D eigenvalue weighted by Crippen LogP contribution is 2.30. The van der Waals surface area contributed by atoms with Gasteiger partial charge in [-0.25, -0.2) is 9.79 Å². The molecule has 1 heterocycles. The third kappa shape index (κ3) is 5.16. The molecule has 4 rings (SSSR count). The van der Waals surface area contributed by atoms with Crippen molar-refractivity contribution in [2.45, 2.75) is 39.2 Å². The molecule has 1 saturated heterocycles. The number of fused-ring (bicyclic) bond motifs is 1. The summed E-state index contributed by atoms with van der Waals surface area (Å²) in [4.78, 5) is 21.6. The number of carbonyl (C=O) groups excluding carboxylic acids is 1. The van der Waals surface area contributed by atoms with E-state index in [0.717, 1.165) is 35.8 Å². The number of hydrogen-bond donors (Lipinski definition) is 2. The number of rotatable bonds is 5. The number of amides is 2. The molecular formula is C28H35N5O. The molecule has 2 amide bonds. The standard InChI is InChI=1S/C28H35N5O/c1-4-20(2)23-12-7-8-15-26(23)32-16-18-33(19-17-32)28(34)31-27(29)30-21(3)24-14-9-11-22-10-5-6-13-25(22)24/h5-15,20-21H,4,16-19H2,1-3H3,(H3,29,30,31,34). The Morgan fingerprint density at radius 1 is 0.941 bits per heavy atom. The fourth-order valence-corrected chi connectivity index (χ4v) is 4.68. The van der Waals surface area contributed by atoms with E-state index in [2.05, 4.69) is 77.6 Å². The molecule has 0 aromatic heterocycles. The van der Waals surface area contributed by atoms with Gasteiger partial charge in [-0.15, -0.1) is 0 Å². The summed E-state index contributed by atoms with van der Waals surface area (Å²) in [5, 5.41) is 5.10. The van der Waals surface area contributed by atoms with Gasteiger partial charge in [-0.2, -0.15) is 0 Å². The molecule has 6 nitrogen and oxygen atoms in total. The number of anilines is 1. The fraction of sp³-hybridized carbons (Fsp3) is 0.357. The summed E-state index contributed by atoms with van der Waals surface area (Å²) >= 11 is 0. The normalized spacial score (nSPS) is 16.4. The van der Waals surface area contributed by atoms with E-state index < -0.39 is 0 Å². The van der Waals surface area contributed by atoms with Crippen LogP contribution >= 0.6 is 0 Å². The summed E-state index contributed by atoms with van der Waals surface area (Å²) in [5.74, 6) is 0.659. The number of piperazine rings is 1. The second-order valence-electron chi connectivity index (χ2n) is 9.03. The van der Waals surface area contributed by atoms with E-state index in [4.69, 9.17) is 5.73 Å². The molecule has 3 aromatic carbocycles. The van der Waals surface area contributed by atoms with Crippen molar-refractivity contribution in [2.24, 2.45) is 10.7 Å². The van der Waals surface area contributed by atoms with Crippen LogP contribution in [0.5, 0.6) is 0 Å². The van der Waals surface area contributed by atoms with Crippen LogP contribution in [0.25, 0.3) is 10.8 Å². The first-order valence-electron chi connectivity index (χ1n) is 12.2. The van der Waals surface area contributed by atoms with Crippen LogP contribution in [0, 0.1) is 0 Å². The average Bonchev–Trinajstić information content (AvgIpc) is 2.87. The summed E-state index contributed by atoms with van der Waals surface area (Å²) in [7, 11) is 0. The molecule has 3 aromatic rings. The van der Waals surface area contributed by atoms with Gasteiger partial charge in [0.25, 0.3) is 0 Å². The maximum Gasteiger partial charge on any atom is 0.324 e. The second-order valence-corrected chi connectivity index (χ2v) is 9.03. The topological polar surface area (TPSA) is 74.0 Å². The number of hydrogen-bond acceptors (Lipinski definition) is 3. The predicted octanol–water partition coefficient (Wildman–Crippen LogP) is 5.26. The largest absolute Gasteiger partial charge is 0.370 e. The Morgan fingerprint density at radius 3 is 2.35 bits per heavy atom. The van der Waals surface area contributed by atoms with Crippen molar-refractivity contribution in [2.75, 3.05) is 31.1 Å². The predicted molar refractivity (Wildman–Crippen MR) is 141 cm³/mol. The lowest BCUT2D eigenvalue weighted by molar-refractivity contribution is 0.199. The monoisotopic (exact) mass is 457 g/mol. The minimum absolute atomic E-state index is 0.148. The molecule has 0 aliphatic carbocycles. The Morgan fingerprint density at radius 2 is 1.59 bits per heavy atom. The Labute approximate surface area is 202 Å². The van der Waals surface area contributed by atoms with Gasteiger partial charge in [0.15, 0.2) is 5.96 Å². The zero-order valence-electron chi connectivity index (χ0n) is 20.4. The number of nitrogens with one attached hydrogen (secondary N) is 1. The van der Waals surface area contributed by atoms with Gasteiger partial charge in [-0.3, -0.25) is 5.32 Å². The number of guanidine groups is 1. The number of aliphatic imine (C=N–C) groups is 1. The lowest BCUT2D eigenvalue weighted by atomic mass is 9.96. The highest BCUT2D eigenvalue weighted by molar-refractivity contribution is 5.95. The molecule has 0 radical (unpaired) electrons. The van der Waals surface area contributed by atoms with Crippen molar-refractivity contribution < 1.29 is 4.79 Å². The van der Waals surface area contributed by atoms with Crippen molar-refractivity contribution in [1.29, 1.82) is 0 Å². The van der Waals surface area contributed by atoms with Crippen molar-refractivity contribution in [3.63, 3.8) is 0 Å². The number of benzene rings is 3. The van der Waals surface area contributed by atoms with E-state index in [1.165, 1.54) is 11.3 Å². The van der Waals surface area contributed by atoms with Crippen LogP contribution in [0.3, 0.4) is 0 Å². The Bertz CT molecular complexity index is 1160. The number of carbonyl (C=O) groups is 1. The summed E-state index contributed by atoms with van der Waals surface area (Å²) in [6.45, 7) is 9.36. The quantitative estimate of drug-likeness (QED) is 0.405. The molecule has 6 heteroatoms. The Kier molecular flexibility index (Phi) is 7.36. The maximum absolute atomic E-state index is 12.8. The molecule has 2 atom stereocenters. The molecule has 0 saturated carbocycles. The first-order chi connectivity index (χ1) is 16.5. The summed E-state index contributed by atoms with van der Waals surface area (Å²) in [6.07, 6.45) is 1.11. The van der Waals surface area contributed by atoms with Gasteiger partial charge in [-0.1, -0.05) is 74.5 Å². The van der Waals surface area contributed by atoms with Crippen LogP contribution in [0.1, 0.15) is 50.3 Å². The smallest absolute Gasteiger partial charge is 0.324 e.